The van der Waals surface area contributed by atoms with Crippen LogP contribution in [0.4, 0.5) is 5.69 Å². The van der Waals surface area contributed by atoms with E-state index < -0.39 is 5.41 Å². The maximum Gasteiger partial charge on any atom is 0.233 e. The first-order chi connectivity index (χ1) is 10.1. The Kier molecular flexibility index (Phi) is 7.33. The number of hydrogen-bond donors (Lipinski definition) is 2. The Hall–Kier alpha value is -1.10. The summed E-state index contributed by atoms with van der Waals surface area (Å²) in [6.07, 6.45) is 1.63. The summed E-state index contributed by atoms with van der Waals surface area (Å²) in [7, 11) is 1.66. The molecule has 1 heterocycles. The average Bonchev–Trinajstić information content (AvgIpc) is 2.49. The van der Waals surface area contributed by atoms with E-state index in [-0.39, 0.29) is 18.3 Å². The number of nitrogens with one attached hydrogen (secondary N) is 2. The summed E-state index contributed by atoms with van der Waals surface area (Å²) in [5, 5.41) is 6.36. The van der Waals surface area contributed by atoms with Gasteiger partial charge in [-0.05, 0) is 49.5 Å². The Morgan fingerprint density at radius 1 is 1.27 bits per heavy atom. The minimum Gasteiger partial charge on any atom is -0.384 e. The van der Waals surface area contributed by atoms with Gasteiger partial charge in [-0.3, -0.25) is 4.79 Å². The number of methoxy groups -OCH3 is 1. The zero-order valence-corrected chi connectivity index (χ0v) is 14.5. The third-order valence-electron chi connectivity index (χ3n) is 4.30. The van der Waals surface area contributed by atoms with Gasteiger partial charge in [0.05, 0.1) is 12.0 Å². The predicted octanol–water partition coefficient (Wildman–Crippen LogP) is 3.19. The van der Waals surface area contributed by atoms with Crippen molar-refractivity contribution in [2.75, 3.05) is 32.1 Å². The molecule has 1 aliphatic rings. The largest absolute Gasteiger partial charge is 0.384 e. The van der Waals surface area contributed by atoms with E-state index in [1.807, 2.05) is 12.1 Å². The highest BCUT2D eigenvalue weighted by Gasteiger charge is 2.39. The van der Waals surface area contributed by atoms with Crippen molar-refractivity contribution in [3.05, 3.63) is 29.8 Å². The molecule has 0 unspecified atom stereocenters. The molecule has 124 valence electrons. The van der Waals surface area contributed by atoms with Crippen LogP contribution in [0.3, 0.4) is 0 Å². The Balaban J connectivity index is 0.00000242. The van der Waals surface area contributed by atoms with Gasteiger partial charge in [-0.15, -0.1) is 12.4 Å². The molecule has 0 saturated carbocycles. The molecular weight excluding hydrogens is 300 g/mol. The Bertz CT molecular complexity index is 463. The van der Waals surface area contributed by atoms with Gasteiger partial charge in [-0.2, -0.15) is 0 Å². The third kappa shape index (κ3) is 4.45. The van der Waals surface area contributed by atoms with Crippen LogP contribution in [0.5, 0.6) is 0 Å². The maximum atomic E-state index is 12.7. The number of halogens is 1. The number of ether oxygens (including phenoxy) is 1. The number of rotatable bonds is 5. The van der Waals surface area contributed by atoms with Gasteiger partial charge in [0.1, 0.15) is 0 Å². The van der Waals surface area contributed by atoms with Crippen LogP contribution in [0.25, 0.3) is 0 Å². The molecule has 1 saturated heterocycles. The molecule has 0 radical (unpaired) electrons. The zero-order chi connectivity index (χ0) is 15.3. The van der Waals surface area contributed by atoms with Gasteiger partial charge in [-0.1, -0.05) is 26.0 Å². The second kappa shape index (κ2) is 8.51. The molecule has 4 nitrogen and oxygen atoms in total. The van der Waals surface area contributed by atoms with Crippen LogP contribution >= 0.6 is 12.4 Å². The highest BCUT2D eigenvalue weighted by Crippen LogP contribution is 2.31. The van der Waals surface area contributed by atoms with E-state index in [2.05, 4.69) is 36.6 Å². The molecule has 1 amide bonds. The maximum absolute atomic E-state index is 12.7. The van der Waals surface area contributed by atoms with Crippen molar-refractivity contribution < 1.29 is 9.53 Å². The zero-order valence-electron chi connectivity index (χ0n) is 13.6. The normalized spacial score (nSPS) is 16.9. The lowest BCUT2D eigenvalue weighted by atomic mass is 9.78. The van der Waals surface area contributed by atoms with Gasteiger partial charge in [0.2, 0.25) is 5.91 Å². The van der Waals surface area contributed by atoms with Crippen molar-refractivity contribution in [2.45, 2.75) is 32.6 Å². The second-order valence-corrected chi connectivity index (χ2v) is 6.19. The number of amides is 1. The number of anilines is 1. The molecular formula is C17H27ClN2O2. The summed E-state index contributed by atoms with van der Waals surface area (Å²) in [5.74, 6) is 0.571. The van der Waals surface area contributed by atoms with Crippen LogP contribution in [-0.4, -0.2) is 32.7 Å². The van der Waals surface area contributed by atoms with Gasteiger partial charge in [0, 0.05) is 12.8 Å². The Morgan fingerprint density at radius 3 is 2.36 bits per heavy atom. The fraction of sp³-hybridized carbons (Fsp3) is 0.588. The number of benzene rings is 1. The molecule has 1 aromatic carbocycles. The number of hydrogen-bond acceptors (Lipinski definition) is 3. The van der Waals surface area contributed by atoms with E-state index in [1.165, 1.54) is 5.56 Å². The fourth-order valence-electron chi connectivity index (χ4n) is 2.83. The van der Waals surface area contributed by atoms with E-state index in [1.54, 1.807) is 7.11 Å². The molecule has 2 rings (SSSR count). The quantitative estimate of drug-likeness (QED) is 0.873. The first kappa shape index (κ1) is 18.9. The SMILES string of the molecule is COCC1(C(=O)Nc2ccc(C(C)C)cc2)CCNCC1.Cl. The number of carbonyl (C=O) groups excluding carboxylic acids is 1. The number of piperidine rings is 1. The smallest absolute Gasteiger partial charge is 0.233 e. The summed E-state index contributed by atoms with van der Waals surface area (Å²) >= 11 is 0. The fourth-order valence-corrected chi connectivity index (χ4v) is 2.83. The lowest BCUT2D eigenvalue weighted by Crippen LogP contribution is -2.47. The molecule has 0 aliphatic carbocycles. The summed E-state index contributed by atoms with van der Waals surface area (Å²) in [5.41, 5.74) is 1.73. The molecule has 5 heteroatoms. The van der Waals surface area contributed by atoms with Crippen LogP contribution in [0.15, 0.2) is 24.3 Å². The van der Waals surface area contributed by atoms with E-state index in [4.69, 9.17) is 4.74 Å². The van der Waals surface area contributed by atoms with Crippen LogP contribution in [0, 0.1) is 5.41 Å². The minimum atomic E-state index is -0.406. The second-order valence-electron chi connectivity index (χ2n) is 6.19. The van der Waals surface area contributed by atoms with Crippen molar-refractivity contribution in [3.8, 4) is 0 Å². The van der Waals surface area contributed by atoms with E-state index in [0.717, 1.165) is 31.6 Å². The molecule has 0 spiro atoms. The standard InChI is InChI=1S/C17H26N2O2.ClH/c1-13(2)14-4-6-15(7-5-14)19-16(20)17(12-21-3)8-10-18-11-9-17;/h4-7,13,18H,8-12H2,1-3H3,(H,19,20);1H. The highest BCUT2D eigenvalue weighted by atomic mass is 35.5. The highest BCUT2D eigenvalue weighted by molar-refractivity contribution is 5.95. The topological polar surface area (TPSA) is 50.4 Å². The van der Waals surface area contributed by atoms with Crippen LogP contribution < -0.4 is 10.6 Å². The van der Waals surface area contributed by atoms with E-state index >= 15 is 0 Å². The minimum absolute atomic E-state index is 0. The summed E-state index contributed by atoms with van der Waals surface area (Å²) < 4.78 is 5.31. The van der Waals surface area contributed by atoms with Crippen molar-refractivity contribution >= 4 is 24.0 Å². The Labute approximate surface area is 139 Å². The summed E-state index contributed by atoms with van der Waals surface area (Å²) in [6, 6.07) is 8.11. The van der Waals surface area contributed by atoms with Crippen LogP contribution in [0.1, 0.15) is 38.2 Å². The molecule has 1 aliphatic heterocycles. The first-order valence-corrected chi connectivity index (χ1v) is 7.68. The average molecular weight is 327 g/mol. The third-order valence-corrected chi connectivity index (χ3v) is 4.30. The van der Waals surface area contributed by atoms with Crippen molar-refractivity contribution in [1.82, 2.24) is 5.32 Å². The van der Waals surface area contributed by atoms with Crippen LogP contribution in [-0.2, 0) is 9.53 Å². The van der Waals surface area contributed by atoms with Crippen molar-refractivity contribution in [2.24, 2.45) is 5.41 Å². The molecule has 22 heavy (non-hydrogen) atoms. The number of carbonyl (C=O) groups is 1. The molecule has 2 N–H and O–H groups in total. The van der Waals surface area contributed by atoms with Gasteiger partial charge in [0.15, 0.2) is 0 Å². The molecule has 1 aromatic rings. The van der Waals surface area contributed by atoms with E-state index in [9.17, 15) is 4.79 Å². The molecule has 0 bridgehead atoms. The molecule has 0 atom stereocenters. The Morgan fingerprint density at radius 2 is 1.86 bits per heavy atom. The van der Waals surface area contributed by atoms with Gasteiger partial charge in [-0.25, -0.2) is 0 Å². The monoisotopic (exact) mass is 326 g/mol. The predicted molar refractivity (Wildman–Crippen MR) is 92.8 cm³/mol. The molecule has 1 fully saturated rings. The summed E-state index contributed by atoms with van der Waals surface area (Å²) in [6.45, 7) is 6.53. The van der Waals surface area contributed by atoms with Gasteiger partial charge < -0.3 is 15.4 Å². The first-order valence-electron chi connectivity index (χ1n) is 7.68. The van der Waals surface area contributed by atoms with E-state index in [0.29, 0.717) is 12.5 Å². The van der Waals surface area contributed by atoms with Crippen LogP contribution in [0.2, 0.25) is 0 Å². The molecule has 0 aromatic heterocycles. The van der Waals surface area contributed by atoms with Crippen molar-refractivity contribution in [1.29, 1.82) is 0 Å². The lowest BCUT2D eigenvalue weighted by Gasteiger charge is -2.35. The summed E-state index contributed by atoms with van der Waals surface area (Å²) in [4.78, 5) is 12.7. The van der Waals surface area contributed by atoms with Gasteiger partial charge in [0.25, 0.3) is 0 Å². The lowest BCUT2D eigenvalue weighted by molar-refractivity contribution is -0.130. The van der Waals surface area contributed by atoms with Gasteiger partial charge >= 0.3 is 0 Å². The van der Waals surface area contributed by atoms with Crippen molar-refractivity contribution in [3.63, 3.8) is 0 Å².